The van der Waals surface area contributed by atoms with Gasteiger partial charge in [-0.05, 0) is 54.2 Å². The fourth-order valence-corrected chi connectivity index (χ4v) is 3.07. The summed E-state index contributed by atoms with van der Waals surface area (Å²) in [5, 5.41) is 8.21. The maximum Gasteiger partial charge on any atom is 0.191 e. The zero-order chi connectivity index (χ0) is 22.1. The Morgan fingerprint density at radius 2 is 1.71 bits per heavy atom. The number of methoxy groups -OCH3 is 2. The van der Waals surface area contributed by atoms with Gasteiger partial charge < -0.3 is 19.5 Å². The average molecular weight is 456 g/mol. The molecule has 0 saturated heterocycles. The van der Waals surface area contributed by atoms with E-state index in [9.17, 15) is 0 Å². The predicted molar refractivity (Wildman–Crippen MR) is 129 cm³/mol. The standard InChI is InChI=1S/C23H22ClN3O3S/c1-28-20-10-6-5-9-19(20)26-23(31)27-25-14-16-11-12-21(22(13-16)29-2)30-15-17-7-3-4-8-18(17)24/h3-14H,15H2,1-2H3,(H2,26,27,31). The number of halogens is 1. The van der Waals surface area contributed by atoms with Gasteiger partial charge in [-0.3, -0.25) is 5.43 Å². The topological polar surface area (TPSA) is 64.1 Å². The number of hydrazone groups is 1. The minimum atomic E-state index is 0.340. The van der Waals surface area contributed by atoms with Crippen LogP contribution in [0.15, 0.2) is 71.8 Å². The Balaban J connectivity index is 1.59. The molecule has 3 rings (SSSR count). The molecule has 0 bridgehead atoms. The van der Waals surface area contributed by atoms with Crippen LogP contribution >= 0.6 is 23.8 Å². The number of ether oxygens (including phenoxy) is 3. The number of rotatable bonds is 8. The van der Waals surface area contributed by atoms with E-state index >= 15 is 0 Å². The smallest absolute Gasteiger partial charge is 0.191 e. The van der Waals surface area contributed by atoms with Crippen LogP contribution in [0.4, 0.5) is 5.69 Å². The van der Waals surface area contributed by atoms with Gasteiger partial charge in [-0.1, -0.05) is 41.9 Å². The Morgan fingerprint density at radius 1 is 0.968 bits per heavy atom. The maximum absolute atomic E-state index is 6.18. The highest BCUT2D eigenvalue weighted by molar-refractivity contribution is 7.80. The van der Waals surface area contributed by atoms with Gasteiger partial charge in [0, 0.05) is 10.6 Å². The number of para-hydroxylation sites is 2. The zero-order valence-electron chi connectivity index (χ0n) is 17.1. The number of hydrogen-bond acceptors (Lipinski definition) is 5. The van der Waals surface area contributed by atoms with E-state index in [1.165, 1.54) is 0 Å². The number of nitrogens with zero attached hydrogens (tertiary/aromatic N) is 1. The second-order valence-electron chi connectivity index (χ2n) is 6.31. The lowest BCUT2D eigenvalue weighted by atomic mass is 10.2. The molecule has 0 aliphatic carbocycles. The number of benzene rings is 3. The summed E-state index contributed by atoms with van der Waals surface area (Å²) in [5.74, 6) is 1.89. The van der Waals surface area contributed by atoms with Crippen LogP contribution in [-0.2, 0) is 6.61 Å². The number of anilines is 1. The van der Waals surface area contributed by atoms with Crippen molar-refractivity contribution < 1.29 is 14.2 Å². The van der Waals surface area contributed by atoms with Crippen LogP contribution in [0.3, 0.4) is 0 Å². The summed E-state index contributed by atoms with van der Waals surface area (Å²) in [5.41, 5.74) is 5.25. The van der Waals surface area contributed by atoms with Crippen LogP contribution in [0.1, 0.15) is 11.1 Å². The Morgan fingerprint density at radius 3 is 2.48 bits per heavy atom. The quantitative estimate of drug-likeness (QED) is 0.274. The van der Waals surface area contributed by atoms with Crippen molar-refractivity contribution in [3.8, 4) is 17.2 Å². The number of thiocarbonyl (C=S) groups is 1. The molecule has 0 spiro atoms. The highest BCUT2D eigenvalue weighted by Gasteiger charge is 2.07. The SMILES string of the molecule is COc1ccccc1NC(=S)NN=Cc1ccc(OCc2ccccc2Cl)c(OC)c1. The van der Waals surface area contributed by atoms with Crippen LogP contribution < -0.4 is 25.0 Å². The fraction of sp³-hybridized carbons (Fsp3) is 0.130. The molecule has 3 aromatic carbocycles. The van der Waals surface area contributed by atoms with E-state index in [2.05, 4.69) is 15.8 Å². The molecule has 3 aromatic rings. The Bertz CT molecular complexity index is 1080. The van der Waals surface area contributed by atoms with Crippen LogP contribution in [0.25, 0.3) is 0 Å². The lowest BCUT2D eigenvalue weighted by Gasteiger charge is -2.12. The van der Waals surface area contributed by atoms with Crippen molar-refractivity contribution in [3.63, 3.8) is 0 Å². The summed E-state index contributed by atoms with van der Waals surface area (Å²) in [7, 11) is 3.19. The first-order valence-electron chi connectivity index (χ1n) is 9.38. The molecule has 0 radical (unpaired) electrons. The van der Waals surface area contributed by atoms with Gasteiger partial charge in [0.05, 0.1) is 26.1 Å². The van der Waals surface area contributed by atoms with E-state index < -0.39 is 0 Å². The summed E-state index contributed by atoms with van der Waals surface area (Å²) in [4.78, 5) is 0. The molecule has 0 aliphatic heterocycles. The zero-order valence-corrected chi connectivity index (χ0v) is 18.7. The van der Waals surface area contributed by atoms with Crippen molar-refractivity contribution >= 4 is 40.8 Å². The summed E-state index contributed by atoms with van der Waals surface area (Å²) >= 11 is 11.5. The normalized spacial score (nSPS) is 10.5. The van der Waals surface area contributed by atoms with Gasteiger partial charge in [0.25, 0.3) is 0 Å². The first kappa shape index (κ1) is 22.4. The molecular formula is C23H22ClN3O3S. The fourth-order valence-electron chi connectivity index (χ4n) is 2.72. The van der Waals surface area contributed by atoms with E-state index in [1.807, 2.05) is 66.7 Å². The second kappa shape index (κ2) is 11.2. The molecule has 0 amide bonds. The lowest BCUT2D eigenvalue weighted by molar-refractivity contribution is 0.284. The molecule has 6 nitrogen and oxygen atoms in total. The van der Waals surface area contributed by atoms with Gasteiger partial charge in [0.2, 0.25) is 0 Å². The van der Waals surface area contributed by atoms with Crippen LogP contribution in [-0.4, -0.2) is 25.5 Å². The van der Waals surface area contributed by atoms with E-state index in [-0.39, 0.29) is 0 Å². The number of nitrogens with one attached hydrogen (secondary N) is 2. The largest absolute Gasteiger partial charge is 0.495 e. The van der Waals surface area contributed by atoms with E-state index in [0.717, 1.165) is 16.8 Å². The molecule has 31 heavy (non-hydrogen) atoms. The molecule has 0 unspecified atom stereocenters. The third-order valence-corrected chi connectivity index (χ3v) is 4.83. The molecule has 0 aliphatic rings. The van der Waals surface area contributed by atoms with Crippen molar-refractivity contribution in [1.29, 1.82) is 0 Å². The maximum atomic E-state index is 6.18. The first-order valence-corrected chi connectivity index (χ1v) is 10.2. The summed E-state index contributed by atoms with van der Waals surface area (Å²) in [6.07, 6.45) is 1.64. The Kier molecular flexibility index (Phi) is 8.09. The van der Waals surface area contributed by atoms with Crippen molar-refractivity contribution in [2.75, 3.05) is 19.5 Å². The molecule has 0 atom stereocenters. The summed E-state index contributed by atoms with van der Waals surface area (Å²) in [6, 6.07) is 20.5. The Labute approximate surface area is 191 Å². The molecule has 0 fully saturated rings. The minimum Gasteiger partial charge on any atom is -0.495 e. The van der Waals surface area contributed by atoms with Gasteiger partial charge in [-0.2, -0.15) is 5.10 Å². The highest BCUT2D eigenvalue weighted by Crippen LogP contribution is 2.29. The average Bonchev–Trinajstić information content (AvgIpc) is 2.79. The van der Waals surface area contributed by atoms with Crippen molar-refractivity contribution in [3.05, 3.63) is 82.9 Å². The molecule has 0 heterocycles. The van der Waals surface area contributed by atoms with Crippen LogP contribution in [0, 0.1) is 0 Å². The molecule has 0 aromatic heterocycles. The highest BCUT2D eigenvalue weighted by atomic mass is 35.5. The van der Waals surface area contributed by atoms with E-state index in [4.69, 9.17) is 38.0 Å². The lowest BCUT2D eigenvalue weighted by Crippen LogP contribution is -2.24. The predicted octanol–water partition coefficient (Wildman–Crippen LogP) is 5.26. The van der Waals surface area contributed by atoms with Crippen molar-refractivity contribution in [1.82, 2.24) is 5.43 Å². The summed E-state index contributed by atoms with van der Waals surface area (Å²) < 4.78 is 16.6. The molecule has 2 N–H and O–H groups in total. The summed E-state index contributed by atoms with van der Waals surface area (Å²) in [6.45, 7) is 0.341. The molecular weight excluding hydrogens is 434 g/mol. The van der Waals surface area contributed by atoms with Crippen molar-refractivity contribution in [2.24, 2.45) is 5.10 Å². The third-order valence-electron chi connectivity index (χ3n) is 4.26. The molecule has 8 heteroatoms. The Hall–Kier alpha value is -3.29. The van der Waals surface area contributed by atoms with Gasteiger partial charge in [0.15, 0.2) is 16.6 Å². The van der Waals surface area contributed by atoms with Gasteiger partial charge in [-0.25, -0.2) is 0 Å². The second-order valence-corrected chi connectivity index (χ2v) is 7.13. The first-order chi connectivity index (χ1) is 15.1. The number of hydrogen-bond donors (Lipinski definition) is 2. The van der Waals surface area contributed by atoms with Gasteiger partial charge >= 0.3 is 0 Å². The molecule has 0 saturated carbocycles. The van der Waals surface area contributed by atoms with Gasteiger partial charge in [0.1, 0.15) is 12.4 Å². The van der Waals surface area contributed by atoms with Gasteiger partial charge in [-0.15, -0.1) is 0 Å². The van der Waals surface area contributed by atoms with Crippen LogP contribution in [0.5, 0.6) is 17.2 Å². The van der Waals surface area contributed by atoms with E-state index in [0.29, 0.717) is 34.0 Å². The van der Waals surface area contributed by atoms with E-state index in [1.54, 1.807) is 20.4 Å². The monoisotopic (exact) mass is 455 g/mol. The van der Waals surface area contributed by atoms with Crippen molar-refractivity contribution in [2.45, 2.75) is 6.61 Å². The minimum absolute atomic E-state index is 0.340. The third kappa shape index (κ3) is 6.34. The molecule has 160 valence electrons. The van der Waals surface area contributed by atoms with Crippen LogP contribution in [0.2, 0.25) is 5.02 Å².